The first-order valence-corrected chi connectivity index (χ1v) is 5.43. The maximum absolute atomic E-state index is 11.0. The lowest BCUT2D eigenvalue weighted by molar-refractivity contribution is -0.120. The minimum Gasteiger partial charge on any atom is -0.494 e. The fourth-order valence-corrected chi connectivity index (χ4v) is 1.28. The summed E-state index contributed by atoms with van der Waals surface area (Å²) in [5.74, 6) is 0.901. The molecule has 0 bridgehead atoms. The van der Waals surface area contributed by atoms with E-state index in [1.807, 2.05) is 31.2 Å². The minimum absolute atomic E-state index is 0.0402. The molecule has 1 aromatic carbocycles. The van der Waals surface area contributed by atoms with Gasteiger partial charge in [0.25, 0.3) is 0 Å². The molecule has 0 radical (unpaired) electrons. The Labute approximate surface area is 96.0 Å². The van der Waals surface area contributed by atoms with Crippen molar-refractivity contribution in [2.24, 2.45) is 0 Å². The predicted molar refractivity (Wildman–Crippen MR) is 64.8 cm³/mol. The van der Waals surface area contributed by atoms with Gasteiger partial charge in [-0.3, -0.25) is 4.79 Å². The van der Waals surface area contributed by atoms with E-state index in [4.69, 9.17) is 4.74 Å². The lowest BCUT2D eigenvalue weighted by Gasteiger charge is -2.07. The molecule has 0 aromatic heterocycles. The van der Waals surface area contributed by atoms with Crippen LogP contribution in [0.4, 0.5) is 5.69 Å². The summed E-state index contributed by atoms with van der Waals surface area (Å²) in [6, 6.07) is 7.70. The average molecular weight is 222 g/mol. The molecule has 88 valence electrons. The first-order valence-electron chi connectivity index (χ1n) is 5.43. The second-order valence-corrected chi connectivity index (χ2v) is 3.31. The van der Waals surface area contributed by atoms with E-state index in [-0.39, 0.29) is 5.91 Å². The highest BCUT2D eigenvalue weighted by Crippen LogP contribution is 2.15. The minimum atomic E-state index is 0.0402. The molecule has 0 aliphatic rings. The van der Waals surface area contributed by atoms with Gasteiger partial charge in [-0.25, -0.2) is 0 Å². The van der Waals surface area contributed by atoms with Gasteiger partial charge in [-0.1, -0.05) is 0 Å². The number of rotatable bonds is 6. The Morgan fingerprint density at radius 2 is 2.00 bits per heavy atom. The largest absolute Gasteiger partial charge is 0.494 e. The Morgan fingerprint density at radius 1 is 1.31 bits per heavy atom. The maximum Gasteiger partial charge on any atom is 0.221 e. The second-order valence-electron chi connectivity index (χ2n) is 3.31. The molecule has 1 amide bonds. The molecule has 0 heterocycles. The number of nitrogens with one attached hydrogen (secondary N) is 2. The SMILES string of the molecule is CCOc1ccc(NCCC(=O)NC)cc1. The van der Waals surface area contributed by atoms with Crippen LogP contribution in [0.5, 0.6) is 5.75 Å². The van der Waals surface area contributed by atoms with Crippen LogP contribution in [-0.2, 0) is 4.79 Å². The zero-order chi connectivity index (χ0) is 11.8. The summed E-state index contributed by atoms with van der Waals surface area (Å²) in [5, 5.41) is 5.74. The Bertz CT molecular complexity index is 322. The van der Waals surface area contributed by atoms with Crippen LogP contribution < -0.4 is 15.4 Å². The summed E-state index contributed by atoms with van der Waals surface area (Å²) in [4.78, 5) is 11.0. The van der Waals surface area contributed by atoms with Crippen LogP contribution in [0.25, 0.3) is 0 Å². The van der Waals surface area contributed by atoms with E-state index < -0.39 is 0 Å². The van der Waals surface area contributed by atoms with Crippen LogP contribution in [-0.4, -0.2) is 26.1 Å². The monoisotopic (exact) mass is 222 g/mol. The number of carbonyl (C=O) groups is 1. The molecule has 4 heteroatoms. The second kappa shape index (κ2) is 6.71. The van der Waals surface area contributed by atoms with Gasteiger partial charge in [-0.05, 0) is 31.2 Å². The van der Waals surface area contributed by atoms with Gasteiger partial charge in [0.2, 0.25) is 5.91 Å². The van der Waals surface area contributed by atoms with Gasteiger partial charge in [0.05, 0.1) is 6.61 Å². The third-order valence-corrected chi connectivity index (χ3v) is 2.13. The average Bonchev–Trinajstić information content (AvgIpc) is 2.31. The Balaban J connectivity index is 2.34. The molecule has 0 unspecified atom stereocenters. The Kier molecular flexibility index (Phi) is 5.19. The van der Waals surface area contributed by atoms with E-state index in [9.17, 15) is 4.79 Å². The topological polar surface area (TPSA) is 50.4 Å². The van der Waals surface area contributed by atoms with E-state index in [1.165, 1.54) is 0 Å². The van der Waals surface area contributed by atoms with Crippen LogP contribution >= 0.6 is 0 Å². The molecular weight excluding hydrogens is 204 g/mol. The lowest BCUT2D eigenvalue weighted by Crippen LogP contribution is -2.20. The van der Waals surface area contributed by atoms with Gasteiger partial charge in [-0.2, -0.15) is 0 Å². The van der Waals surface area contributed by atoms with Gasteiger partial charge in [0.15, 0.2) is 0 Å². The summed E-state index contributed by atoms with van der Waals surface area (Å²) in [7, 11) is 1.64. The van der Waals surface area contributed by atoms with Crippen molar-refractivity contribution < 1.29 is 9.53 Å². The van der Waals surface area contributed by atoms with Crippen molar-refractivity contribution in [2.45, 2.75) is 13.3 Å². The quantitative estimate of drug-likeness (QED) is 0.769. The smallest absolute Gasteiger partial charge is 0.221 e. The summed E-state index contributed by atoms with van der Waals surface area (Å²) in [5.41, 5.74) is 0.993. The van der Waals surface area contributed by atoms with Crippen molar-refractivity contribution in [1.29, 1.82) is 0 Å². The molecule has 0 fully saturated rings. The van der Waals surface area contributed by atoms with E-state index >= 15 is 0 Å². The van der Waals surface area contributed by atoms with Crippen molar-refractivity contribution >= 4 is 11.6 Å². The molecule has 16 heavy (non-hydrogen) atoms. The van der Waals surface area contributed by atoms with Crippen LogP contribution in [0, 0.1) is 0 Å². The number of amides is 1. The van der Waals surface area contributed by atoms with Crippen LogP contribution in [0.1, 0.15) is 13.3 Å². The number of ether oxygens (including phenoxy) is 1. The Morgan fingerprint density at radius 3 is 2.56 bits per heavy atom. The van der Waals surface area contributed by atoms with Gasteiger partial charge < -0.3 is 15.4 Å². The molecule has 4 nitrogen and oxygen atoms in total. The van der Waals surface area contributed by atoms with Gasteiger partial charge in [-0.15, -0.1) is 0 Å². The number of anilines is 1. The van der Waals surface area contributed by atoms with Crippen molar-refractivity contribution in [2.75, 3.05) is 25.5 Å². The van der Waals surface area contributed by atoms with Crippen LogP contribution in [0.2, 0.25) is 0 Å². The molecule has 0 spiro atoms. The molecule has 1 rings (SSSR count). The summed E-state index contributed by atoms with van der Waals surface area (Å²) >= 11 is 0. The predicted octanol–water partition coefficient (Wildman–Crippen LogP) is 1.63. The molecule has 0 aliphatic heterocycles. The Hall–Kier alpha value is -1.71. The summed E-state index contributed by atoms with van der Waals surface area (Å²) in [6.07, 6.45) is 0.476. The van der Waals surface area contributed by atoms with Crippen LogP contribution in [0.3, 0.4) is 0 Å². The van der Waals surface area contributed by atoms with Crippen molar-refractivity contribution in [3.63, 3.8) is 0 Å². The van der Waals surface area contributed by atoms with Crippen LogP contribution in [0.15, 0.2) is 24.3 Å². The lowest BCUT2D eigenvalue weighted by atomic mass is 10.3. The number of benzene rings is 1. The van der Waals surface area contributed by atoms with Gasteiger partial charge in [0.1, 0.15) is 5.75 Å². The fourth-order valence-electron chi connectivity index (χ4n) is 1.28. The third-order valence-electron chi connectivity index (χ3n) is 2.13. The number of carbonyl (C=O) groups excluding carboxylic acids is 1. The normalized spacial score (nSPS) is 9.62. The van der Waals surface area contributed by atoms with Gasteiger partial charge >= 0.3 is 0 Å². The summed E-state index contributed by atoms with van der Waals surface area (Å²) in [6.45, 7) is 3.26. The van der Waals surface area contributed by atoms with Crippen molar-refractivity contribution in [1.82, 2.24) is 5.32 Å². The molecule has 0 atom stereocenters. The van der Waals surface area contributed by atoms with E-state index in [1.54, 1.807) is 7.05 Å². The highest BCUT2D eigenvalue weighted by atomic mass is 16.5. The number of hydrogen-bond donors (Lipinski definition) is 2. The molecule has 0 aliphatic carbocycles. The molecule has 1 aromatic rings. The summed E-state index contributed by atoms with van der Waals surface area (Å²) < 4.78 is 5.33. The van der Waals surface area contributed by atoms with Crippen molar-refractivity contribution in [3.05, 3.63) is 24.3 Å². The highest BCUT2D eigenvalue weighted by Gasteiger charge is 1.97. The number of hydrogen-bond acceptors (Lipinski definition) is 3. The fraction of sp³-hybridized carbons (Fsp3) is 0.417. The zero-order valence-corrected chi connectivity index (χ0v) is 9.75. The molecular formula is C12H18N2O2. The molecule has 2 N–H and O–H groups in total. The maximum atomic E-state index is 11.0. The first-order chi connectivity index (χ1) is 7.76. The molecule has 0 saturated carbocycles. The first kappa shape index (κ1) is 12.4. The van der Waals surface area contributed by atoms with Crippen molar-refractivity contribution in [3.8, 4) is 5.75 Å². The van der Waals surface area contributed by atoms with E-state index in [0.717, 1.165) is 11.4 Å². The van der Waals surface area contributed by atoms with E-state index in [2.05, 4.69) is 10.6 Å². The van der Waals surface area contributed by atoms with E-state index in [0.29, 0.717) is 19.6 Å². The standard InChI is InChI=1S/C12H18N2O2/c1-3-16-11-6-4-10(5-7-11)14-9-8-12(15)13-2/h4-7,14H,3,8-9H2,1-2H3,(H,13,15). The zero-order valence-electron chi connectivity index (χ0n) is 9.75. The third kappa shape index (κ3) is 4.21. The van der Waals surface area contributed by atoms with Gasteiger partial charge in [0, 0.05) is 25.7 Å². The molecule has 0 saturated heterocycles. The highest BCUT2D eigenvalue weighted by molar-refractivity contribution is 5.76.